The minimum absolute atomic E-state index is 0.104. The lowest BCUT2D eigenvalue weighted by atomic mass is 10.2. The molecule has 2 N–H and O–H groups in total. The molecule has 1 aromatic carbocycles. The van der Waals surface area contributed by atoms with Crippen LogP contribution < -0.4 is 5.73 Å². The Morgan fingerprint density at radius 3 is 2.38 bits per heavy atom. The summed E-state index contributed by atoms with van der Waals surface area (Å²) >= 11 is 6.07. The van der Waals surface area contributed by atoms with Gasteiger partial charge in [-0.1, -0.05) is 31.4 Å². The largest absolute Gasteiger partial charge is 0.398 e. The topological polar surface area (TPSA) is 63.4 Å². The lowest BCUT2D eigenvalue weighted by molar-refractivity contribution is 0.345. The molecule has 21 heavy (non-hydrogen) atoms. The average molecular weight is 333 g/mol. The molecule has 6 heteroatoms. The SMILES string of the molecule is CCCCCN(C(C)C)S(=O)(=O)c1cc(N)c(C)c(Cl)c1. The summed E-state index contributed by atoms with van der Waals surface area (Å²) in [4.78, 5) is 0.167. The Bertz CT molecular complexity index is 562. The van der Waals surface area contributed by atoms with Gasteiger partial charge in [-0.2, -0.15) is 4.31 Å². The molecule has 0 aliphatic rings. The lowest BCUT2D eigenvalue weighted by Gasteiger charge is -2.26. The third-order valence-corrected chi connectivity index (χ3v) is 5.97. The number of benzene rings is 1. The Hall–Kier alpha value is -0.780. The van der Waals surface area contributed by atoms with Crippen molar-refractivity contribution in [3.63, 3.8) is 0 Å². The molecule has 0 radical (unpaired) electrons. The van der Waals surface area contributed by atoms with Gasteiger partial charge in [-0.05, 0) is 44.9 Å². The summed E-state index contributed by atoms with van der Waals surface area (Å²) in [6.45, 7) is 8.13. The number of nitrogen functional groups attached to an aromatic ring is 1. The maximum absolute atomic E-state index is 12.8. The quantitative estimate of drug-likeness (QED) is 0.609. The summed E-state index contributed by atoms with van der Waals surface area (Å²) in [5.41, 5.74) is 6.96. The molecule has 120 valence electrons. The molecular weight excluding hydrogens is 308 g/mol. The molecule has 0 fully saturated rings. The normalized spacial score (nSPS) is 12.3. The van der Waals surface area contributed by atoms with Crippen LogP contribution >= 0.6 is 11.6 Å². The van der Waals surface area contributed by atoms with E-state index in [1.165, 1.54) is 16.4 Å². The Labute approximate surface area is 133 Å². The molecule has 0 aromatic heterocycles. The van der Waals surface area contributed by atoms with E-state index < -0.39 is 10.0 Å². The van der Waals surface area contributed by atoms with Gasteiger partial charge >= 0.3 is 0 Å². The van der Waals surface area contributed by atoms with Crippen LogP contribution in [0.15, 0.2) is 17.0 Å². The first-order chi connectivity index (χ1) is 9.71. The zero-order chi connectivity index (χ0) is 16.2. The first-order valence-corrected chi connectivity index (χ1v) is 9.11. The minimum atomic E-state index is -3.57. The van der Waals surface area contributed by atoms with Crippen LogP contribution in [0.3, 0.4) is 0 Å². The highest BCUT2D eigenvalue weighted by molar-refractivity contribution is 7.89. The average Bonchev–Trinajstić information content (AvgIpc) is 2.39. The van der Waals surface area contributed by atoms with Gasteiger partial charge in [0.15, 0.2) is 0 Å². The Morgan fingerprint density at radius 1 is 1.29 bits per heavy atom. The maximum atomic E-state index is 12.8. The Kier molecular flexibility index (Phi) is 6.50. The molecule has 0 atom stereocenters. The first kappa shape index (κ1) is 18.3. The van der Waals surface area contributed by atoms with Gasteiger partial charge in [0.1, 0.15) is 0 Å². The smallest absolute Gasteiger partial charge is 0.243 e. The van der Waals surface area contributed by atoms with Crippen molar-refractivity contribution in [1.82, 2.24) is 4.31 Å². The van der Waals surface area contributed by atoms with Crippen LogP contribution in [0, 0.1) is 6.92 Å². The van der Waals surface area contributed by atoms with E-state index in [-0.39, 0.29) is 10.9 Å². The third kappa shape index (κ3) is 4.34. The van der Waals surface area contributed by atoms with E-state index in [0.29, 0.717) is 22.8 Å². The fourth-order valence-corrected chi connectivity index (χ4v) is 4.16. The highest BCUT2D eigenvalue weighted by atomic mass is 35.5. The fraction of sp³-hybridized carbons (Fsp3) is 0.600. The first-order valence-electron chi connectivity index (χ1n) is 7.29. The number of anilines is 1. The predicted octanol–water partition coefficient (Wildman–Crippen LogP) is 3.82. The number of halogens is 1. The number of sulfonamides is 1. The van der Waals surface area contributed by atoms with Gasteiger partial charge < -0.3 is 5.73 Å². The second-order valence-electron chi connectivity index (χ2n) is 5.54. The molecule has 0 bridgehead atoms. The van der Waals surface area contributed by atoms with Gasteiger partial charge in [0, 0.05) is 23.3 Å². The van der Waals surface area contributed by atoms with Crippen LogP contribution in [-0.2, 0) is 10.0 Å². The standard InChI is InChI=1S/C15H25ClN2O2S/c1-5-6-7-8-18(11(2)3)21(19,20)13-9-14(16)12(4)15(17)10-13/h9-11H,5-8,17H2,1-4H3. The number of hydrogen-bond donors (Lipinski definition) is 1. The highest BCUT2D eigenvalue weighted by Gasteiger charge is 2.27. The molecular formula is C15H25ClN2O2S. The summed E-state index contributed by atoms with van der Waals surface area (Å²) in [7, 11) is -3.57. The van der Waals surface area contributed by atoms with Crippen molar-refractivity contribution in [3.05, 3.63) is 22.7 Å². The molecule has 4 nitrogen and oxygen atoms in total. The zero-order valence-corrected chi connectivity index (χ0v) is 14.8. The van der Waals surface area contributed by atoms with Crippen molar-refractivity contribution in [2.24, 2.45) is 0 Å². The molecule has 0 aliphatic heterocycles. The van der Waals surface area contributed by atoms with Crippen molar-refractivity contribution in [2.45, 2.75) is 57.9 Å². The molecule has 0 amide bonds. The number of nitrogens with two attached hydrogens (primary N) is 1. The van der Waals surface area contributed by atoms with E-state index in [1.807, 2.05) is 13.8 Å². The van der Waals surface area contributed by atoms with E-state index in [0.717, 1.165) is 19.3 Å². The summed E-state index contributed by atoms with van der Waals surface area (Å²) in [6.07, 6.45) is 2.91. The molecule has 0 aliphatic carbocycles. The molecule has 1 rings (SSSR count). The van der Waals surface area contributed by atoms with Gasteiger partial charge in [0.2, 0.25) is 10.0 Å². The summed E-state index contributed by atoms with van der Waals surface area (Å²) in [6, 6.07) is 2.87. The molecule has 0 saturated carbocycles. The van der Waals surface area contributed by atoms with Crippen molar-refractivity contribution in [3.8, 4) is 0 Å². The second kappa shape index (κ2) is 7.47. The lowest BCUT2D eigenvalue weighted by Crippen LogP contribution is -2.37. The van der Waals surface area contributed by atoms with Gasteiger partial charge in [0.25, 0.3) is 0 Å². The molecule has 0 saturated heterocycles. The summed E-state index contributed by atoms with van der Waals surface area (Å²) in [5, 5.41) is 0.380. The van der Waals surface area contributed by atoms with Crippen molar-refractivity contribution in [1.29, 1.82) is 0 Å². The third-order valence-electron chi connectivity index (χ3n) is 3.52. The molecule has 0 spiro atoms. The number of unbranched alkanes of at least 4 members (excludes halogenated alkanes) is 2. The van der Waals surface area contributed by atoms with E-state index in [1.54, 1.807) is 6.92 Å². The van der Waals surface area contributed by atoms with Crippen molar-refractivity contribution >= 4 is 27.3 Å². The van der Waals surface area contributed by atoms with Crippen molar-refractivity contribution < 1.29 is 8.42 Å². The molecule has 1 aromatic rings. The van der Waals surface area contributed by atoms with Crippen LogP contribution in [0.1, 0.15) is 45.6 Å². The van der Waals surface area contributed by atoms with Crippen LogP contribution in [0.5, 0.6) is 0 Å². The van der Waals surface area contributed by atoms with Crippen LogP contribution in [0.25, 0.3) is 0 Å². The van der Waals surface area contributed by atoms with Gasteiger partial charge in [0.05, 0.1) is 4.90 Å². The summed E-state index contributed by atoms with van der Waals surface area (Å²) < 4.78 is 27.1. The summed E-state index contributed by atoms with van der Waals surface area (Å²) in [5.74, 6) is 0. The number of rotatable bonds is 7. The van der Waals surface area contributed by atoms with Gasteiger partial charge in [-0.3, -0.25) is 0 Å². The van der Waals surface area contributed by atoms with E-state index in [9.17, 15) is 8.42 Å². The van der Waals surface area contributed by atoms with Crippen LogP contribution in [-0.4, -0.2) is 25.3 Å². The number of nitrogens with zero attached hydrogens (tertiary/aromatic N) is 1. The maximum Gasteiger partial charge on any atom is 0.243 e. The van der Waals surface area contributed by atoms with Gasteiger partial charge in [-0.15, -0.1) is 0 Å². The fourth-order valence-electron chi connectivity index (χ4n) is 2.13. The predicted molar refractivity (Wildman–Crippen MR) is 89.2 cm³/mol. The Morgan fingerprint density at radius 2 is 1.90 bits per heavy atom. The second-order valence-corrected chi connectivity index (χ2v) is 7.83. The van der Waals surface area contributed by atoms with Crippen LogP contribution in [0.4, 0.5) is 5.69 Å². The number of hydrogen-bond acceptors (Lipinski definition) is 3. The van der Waals surface area contributed by atoms with Crippen LogP contribution in [0.2, 0.25) is 5.02 Å². The van der Waals surface area contributed by atoms with E-state index in [2.05, 4.69) is 6.92 Å². The zero-order valence-electron chi connectivity index (χ0n) is 13.2. The highest BCUT2D eigenvalue weighted by Crippen LogP contribution is 2.28. The van der Waals surface area contributed by atoms with Gasteiger partial charge in [-0.25, -0.2) is 8.42 Å². The van der Waals surface area contributed by atoms with Crippen molar-refractivity contribution in [2.75, 3.05) is 12.3 Å². The molecule has 0 unspecified atom stereocenters. The van der Waals surface area contributed by atoms with E-state index in [4.69, 9.17) is 17.3 Å². The molecule has 0 heterocycles. The monoisotopic (exact) mass is 332 g/mol. The Balaban J connectivity index is 3.17. The minimum Gasteiger partial charge on any atom is -0.398 e. The van der Waals surface area contributed by atoms with E-state index >= 15 is 0 Å².